The molecule has 4 atom stereocenters. The summed E-state index contributed by atoms with van der Waals surface area (Å²) in [6.45, 7) is 3.70. The molecular formula is C26H28N4O3. The van der Waals surface area contributed by atoms with Crippen LogP contribution in [-0.2, 0) is 27.4 Å². The Morgan fingerprint density at radius 1 is 0.939 bits per heavy atom. The number of aromatic nitrogens is 3. The van der Waals surface area contributed by atoms with Crippen molar-refractivity contribution in [2.75, 3.05) is 12.3 Å². The van der Waals surface area contributed by atoms with Gasteiger partial charge in [0.15, 0.2) is 5.82 Å². The number of benzene rings is 2. The minimum absolute atomic E-state index is 0.107. The second-order valence-electron chi connectivity index (χ2n) is 8.42. The molecule has 1 aliphatic heterocycles. The first-order valence-corrected chi connectivity index (χ1v) is 11.2. The minimum Gasteiger partial charge on any atom is -0.382 e. The maximum absolute atomic E-state index is 6.53. The largest absolute Gasteiger partial charge is 0.382 e. The van der Waals surface area contributed by atoms with Crippen molar-refractivity contribution in [1.82, 2.24) is 14.6 Å². The van der Waals surface area contributed by atoms with Crippen LogP contribution in [0.2, 0.25) is 0 Å². The average molecular weight is 445 g/mol. The Bertz CT molecular complexity index is 1180. The zero-order valence-corrected chi connectivity index (χ0v) is 18.6. The number of hydrogen-bond acceptors (Lipinski definition) is 6. The predicted octanol–water partition coefficient (Wildman–Crippen LogP) is 4.19. The van der Waals surface area contributed by atoms with E-state index in [1.54, 1.807) is 4.52 Å². The summed E-state index contributed by atoms with van der Waals surface area (Å²) in [5.74, 6) is 0.561. The SMILES string of the molecule is C[C@H]1[C@@H](OCc2ccccc2)[C@H](c2ccc3c(N)ncnn23)O[C@@H]1COCc1ccccc1. The Labute approximate surface area is 193 Å². The van der Waals surface area contributed by atoms with E-state index in [-0.39, 0.29) is 24.2 Å². The lowest BCUT2D eigenvalue weighted by molar-refractivity contribution is -0.0512. The lowest BCUT2D eigenvalue weighted by Crippen LogP contribution is -2.28. The number of nitrogen functional groups attached to an aromatic ring is 1. The smallest absolute Gasteiger partial charge is 0.151 e. The van der Waals surface area contributed by atoms with Gasteiger partial charge in [-0.15, -0.1) is 0 Å². The second kappa shape index (κ2) is 9.70. The highest BCUT2D eigenvalue weighted by Crippen LogP contribution is 2.40. The highest BCUT2D eigenvalue weighted by atomic mass is 16.6. The number of nitrogens with zero attached hydrogens (tertiary/aromatic N) is 3. The third-order valence-electron chi connectivity index (χ3n) is 6.21. The van der Waals surface area contributed by atoms with Gasteiger partial charge in [0.1, 0.15) is 17.9 Å². The van der Waals surface area contributed by atoms with E-state index in [1.165, 1.54) is 6.33 Å². The van der Waals surface area contributed by atoms with Crippen LogP contribution in [0, 0.1) is 5.92 Å². The maximum Gasteiger partial charge on any atom is 0.151 e. The number of nitrogens with two attached hydrogens (primary N) is 1. The molecule has 4 aromatic rings. The quantitative estimate of drug-likeness (QED) is 0.439. The van der Waals surface area contributed by atoms with Crippen LogP contribution in [0.25, 0.3) is 5.52 Å². The van der Waals surface area contributed by atoms with Gasteiger partial charge >= 0.3 is 0 Å². The van der Waals surface area contributed by atoms with Gasteiger partial charge in [0.05, 0.1) is 37.7 Å². The summed E-state index contributed by atoms with van der Waals surface area (Å²) in [6.07, 6.45) is 0.893. The van der Waals surface area contributed by atoms with Crippen LogP contribution in [0.15, 0.2) is 79.1 Å². The van der Waals surface area contributed by atoms with Crippen molar-refractivity contribution >= 4 is 11.3 Å². The van der Waals surface area contributed by atoms with E-state index in [2.05, 4.69) is 41.3 Å². The van der Waals surface area contributed by atoms with Gasteiger partial charge in [0.2, 0.25) is 0 Å². The topological polar surface area (TPSA) is 83.9 Å². The van der Waals surface area contributed by atoms with Crippen molar-refractivity contribution in [3.63, 3.8) is 0 Å². The van der Waals surface area contributed by atoms with Gasteiger partial charge in [-0.05, 0) is 23.3 Å². The number of fused-ring (bicyclic) bond motifs is 1. The molecule has 1 saturated heterocycles. The molecule has 2 N–H and O–H groups in total. The third kappa shape index (κ3) is 4.61. The molecule has 170 valence electrons. The Hall–Kier alpha value is -3.26. The molecule has 0 saturated carbocycles. The van der Waals surface area contributed by atoms with Gasteiger partial charge in [-0.1, -0.05) is 67.6 Å². The van der Waals surface area contributed by atoms with E-state index in [4.69, 9.17) is 19.9 Å². The van der Waals surface area contributed by atoms with Crippen molar-refractivity contribution in [3.8, 4) is 0 Å². The number of anilines is 1. The first kappa shape index (κ1) is 21.6. The highest BCUT2D eigenvalue weighted by Gasteiger charge is 2.44. The van der Waals surface area contributed by atoms with Crippen LogP contribution in [0.5, 0.6) is 0 Å². The summed E-state index contributed by atoms with van der Waals surface area (Å²) in [6, 6.07) is 24.2. The minimum atomic E-state index is -0.300. The first-order chi connectivity index (χ1) is 16.2. The number of ether oxygens (including phenoxy) is 3. The fourth-order valence-corrected chi connectivity index (χ4v) is 4.37. The molecule has 0 bridgehead atoms. The monoisotopic (exact) mass is 444 g/mol. The molecule has 0 aliphatic carbocycles. The fourth-order valence-electron chi connectivity index (χ4n) is 4.37. The van der Waals surface area contributed by atoms with Gasteiger partial charge < -0.3 is 19.9 Å². The second-order valence-corrected chi connectivity index (χ2v) is 8.42. The molecule has 0 radical (unpaired) electrons. The molecule has 1 aliphatic rings. The van der Waals surface area contributed by atoms with E-state index >= 15 is 0 Å². The molecule has 2 aromatic heterocycles. The van der Waals surface area contributed by atoms with Crippen LogP contribution < -0.4 is 5.73 Å². The fraction of sp³-hybridized carbons (Fsp3) is 0.308. The summed E-state index contributed by atoms with van der Waals surface area (Å²) >= 11 is 0. The summed E-state index contributed by atoms with van der Waals surface area (Å²) in [7, 11) is 0. The van der Waals surface area contributed by atoms with E-state index < -0.39 is 0 Å². The Kier molecular flexibility index (Phi) is 6.35. The Balaban J connectivity index is 1.36. The Morgan fingerprint density at radius 2 is 1.64 bits per heavy atom. The predicted molar refractivity (Wildman–Crippen MR) is 125 cm³/mol. The molecule has 1 fully saturated rings. The van der Waals surface area contributed by atoms with E-state index in [9.17, 15) is 0 Å². The van der Waals surface area contributed by atoms with Crippen molar-refractivity contribution in [2.45, 2.75) is 38.4 Å². The van der Waals surface area contributed by atoms with Gasteiger partial charge in [0.25, 0.3) is 0 Å². The zero-order valence-electron chi connectivity index (χ0n) is 18.6. The van der Waals surface area contributed by atoms with Crippen molar-refractivity contribution < 1.29 is 14.2 Å². The number of rotatable bonds is 8. The lowest BCUT2D eigenvalue weighted by atomic mass is 9.97. The lowest BCUT2D eigenvalue weighted by Gasteiger charge is -2.22. The van der Waals surface area contributed by atoms with E-state index in [0.717, 1.165) is 22.3 Å². The average Bonchev–Trinajstić information content (AvgIpc) is 3.41. The third-order valence-corrected chi connectivity index (χ3v) is 6.21. The highest BCUT2D eigenvalue weighted by molar-refractivity contribution is 5.65. The molecule has 33 heavy (non-hydrogen) atoms. The Morgan fingerprint density at radius 3 is 2.36 bits per heavy atom. The molecule has 0 spiro atoms. The van der Waals surface area contributed by atoms with E-state index in [1.807, 2.05) is 48.5 Å². The molecule has 7 heteroatoms. The van der Waals surface area contributed by atoms with Gasteiger partial charge in [-0.3, -0.25) is 0 Å². The molecule has 0 amide bonds. The summed E-state index contributed by atoms with van der Waals surface area (Å²) in [5.41, 5.74) is 9.97. The molecular weight excluding hydrogens is 416 g/mol. The standard InChI is InChI=1S/C26H28N4O3/c1-18-23(16-31-14-19-8-4-2-5-9-19)33-25(24(18)32-15-20-10-6-3-7-11-20)21-12-13-22-26(27)28-17-29-30(21)22/h2-13,17-18,23-25H,14-16H2,1H3,(H2,27,28,29)/t18-,23-,24-,25+/m1/s1. The molecule has 2 aromatic carbocycles. The van der Waals surface area contributed by atoms with Crippen LogP contribution in [0.1, 0.15) is 29.8 Å². The molecule has 0 unspecified atom stereocenters. The summed E-state index contributed by atoms with van der Waals surface area (Å²) in [5, 5.41) is 4.41. The van der Waals surface area contributed by atoms with Gasteiger partial charge in [0, 0.05) is 5.92 Å². The molecule has 5 rings (SSSR count). The molecule has 3 heterocycles. The van der Waals surface area contributed by atoms with Gasteiger partial charge in [-0.2, -0.15) is 5.10 Å². The molecule has 7 nitrogen and oxygen atoms in total. The first-order valence-electron chi connectivity index (χ1n) is 11.2. The number of hydrogen-bond donors (Lipinski definition) is 1. The van der Waals surface area contributed by atoms with Crippen molar-refractivity contribution in [2.24, 2.45) is 5.92 Å². The van der Waals surface area contributed by atoms with Crippen LogP contribution in [0.4, 0.5) is 5.82 Å². The van der Waals surface area contributed by atoms with E-state index in [0.29, 0.717) is 25.6 Å². The van der Waals surface area contributed by atoms with Crippen LogP contribution in [-0.4, -0.2) is 33.4 Å². The van der Waals surface area contributed by atoms with Gasteiger partial charge in [-0.25, -0.2) is 9.50 Å². The summed E-state index contributed by atoms with van der Waals surface area (Å²) < 4.78 is 20.8. The van der Waals surface area contributed by atoms with Crippen LogP contribution in [0.3, 0.4) is 0 Å². The van der Waals surface area contributed by atoms with Crippen molar-refractivity contribution in [1.29, 1.82) is 0 Å². The van der Waals surface area contributed by atoms with Crippen LogP contribution >= 0.6 is 0 Å². The normalized spacial score (nSPS) is 22.7. The zero-order chi connectivity index (χ0) is 22.6. The van der Waals surface area contributed by atoms with Crippen molar-refractivity contribution in [3.05, 3.63) is 95.9 Å². The maximum atomic E-state index is 6.53. The summed E-state index contributed by atoms with van der Waals surface area (Å²) in [4.78, 5) is 4.10.